The molecule has 7 nitrogen and oxygen atoms in total. The van der Waals surface area contributed by atoms with Gasteiger partial charge in [-0.05, 0) is 62.1 Å². The largest absolute Gasteiger partial charge is 0.441 e. The molecule has 2 aromatic carbocycles. The number of oxazole rings is 1. The second-order valence-electron chi connectivity index (χ2n) is 8.97. The van der Waals surface area contributed by atoms with Gasteiger partial charge in [0.1, 0.15) is 0 Å². The monoisotopic (exact) mass is 481 g/mol. The molecule has 3 aromatic rings. The Kier molecular flexibility index (Phi) is 6.91. The summed E-state index contributed by atoms with van der Waals surface area (Å²) in [5.74, 6) is 1.20. The van der Waals surface area contributed by atoms with Gasteiger partial charge in [0.05, 0.1) is 11.1 Å². The van der Waals surface area contributed by atoms with E-state index >= 15 is 0 Å². The number of piperazine rings is 1. The number of benzene rings is 2. The van der Waals surface area contributed by atoms with Gasteiger partial charge in [-0.25, -0.2) is 13.4 Å². The molecule has 1 amide bonds. The zero-order valence-corrected chi connectivity index (χ0v) is 21.0. The van der Waals surface area contributed by atoms with Gasteiger partial charge in [-0.1, -0.05) is 24.3 Å². The quantitative estimate of drug-likeness (QED) is 0.531. The van der Waals surface area contributed by atoms with E-state index in [0.717, 1.165) is 16.7 Å². The van der Waals surface area contributed by atoms with Crippen molar-refractivity contribution in [1.29, 1.82) is 0 Å². The first kappa shape index (κ1) is 24.2. The summed E-state index contributed by atoms with van der Waals surface area (Å²) in [5, 5.41) is 0. The van der Waals surface area contributed by atoms with Crippen LogP contribution in [0.3, 0.4) is 0 Å². The fraction of sp³-hybridized carbons (Fsp3) is 0.385. The molecule has 34 heavy (non-hydrogen) atoms. The molecule has 0 radical (unpaired) electrons. The minimum atomic E-state index is -3.58. The van der Waals surface area contributed by atoms with Gasteiger partial charge in [0.2, 0.25) is 15.9 Å². The van der Waals surface area contributed by atoms with Gasteiger partial charge in [0.15, 0.2) is 11.7 Å². The maximum Gasteiger partial charge on any atom is 0.243 e. The molecule has 1 aromatic heterocycles. The highest BCUT2D eigenvalue weighted by Crippen LogP contribution is 2.24. The maximum atomic E-state index is 13.1. The summed E-state index contributed by atoms with van der Waals surface area (Å²) in [4.78, 5) is 19.1. The third-order valence-corrected chi connectivity index (χ3v) is 8.49. The second kappa shape index (κ2) is 9.72. The van der Waals surface area contributed by atoms with Crippen LogP contribution < -0.4 is 0 Å². The van der Waals surface area contributed by atoms with Crippen LogP contribution in [0.2, 0.25) is 0 Å². The number of hydrogen-bond donors (Lipinski definition) is 0. The number of carbonyl (C=O) groups excluding carboxylic acids is 1. The first-order chi connectivity index (χ1) is 16.1. The average molecular weight is 482 g/mol. The van der Waals surface area contributed by atoms with E-state index in [-0.39, 0.29) is 25.4 Å². The van der Waals surface area contributed by atoms with Gasteiger partial charge in [-0.2, -0.15) is 4.31 Å². The topological polar surface area (TPSA) is 83.7 Å². The number of sulfonamides is 1. The molecule has 1 aliphatic heterocycles. The third-order valence-electron chi connectivity index (χ3n) is 6.45. The van der Waals surface area contributed by atoms with Crippen LogP contribution in [0, 0.1) is 27.7 Å². The van der Waals surface area contributed by atoms with Crippen LogP contribution in [0.4, 0.5) is 0 Å². The lowest BCUT2D eigenvalue weighted by Gasteiger charge is -2.34. The van der Waals surface area contributed by atoms with Gasteiger partial charge in [-0.3, -0.25) is 4.79 Å². The molecule has 4 rings (SSSR count). The SMILES string of the molecule is Cc1ccc(C)c(S(=O)(=O)N2CCN(C(=O)CCc3ncc(-c4ccc(C)c(C)c4)o3)CC2)c1. The van der Waals surface area contributed by atoms with Crippen molar-refractivity contribution in [3.63, 3.8) is 0 Å². The fourth-order valence-corrected chi connectivity index (χ4v) is 5.86. The smallest absolute Gasteiger partial charge is 0.243 e. The Bertz CT molecular complexity index is 1310. The predicted octanol–water partition coefficient (Wildman–Crippen LogP) is 4.04. The van der Waals surface area contributed by atoms with E-state index in [1.807, 2.05) is 25.1 Å². The highest BCUT2D eigenvalue weighted by Gasteiger charge is 2.31. The Morgan fingerprint density at radius 1 is 0.941 bits per heavy atom. The zero-order chi connectivity index (χ0) is 24.5. The number of hydrogen-bond acceptors (Lipinski definition) is 5. The van der Waals surface area contributed by atoms with E-state index in [4.69, 9.17) is 4.42 Å². The summed E-state index contributed by atoms with van der Waals surface area (Å²) in [5.41, 5.74) is 5.01. The number of amides is 1. The summed E-state index contributed by atoms with van der Waals surface area (Å²) in [6, 6.07) is 11.6. The van der Waals surface area contributed by atoms with Crippen molar-refractivity contribution in [2.24, 2.45) is 0 Å². The number of carbonyl (C=O) groups is 1. The first-order valence-corrected chi connectivity index (χ1v) is 13.0. The molecule has 1 fully saturated rings. The first-order valence-electron chi connectivity index (χ1n) is 11.5. The summed E-state index contributed by atoms with van der Waals surface area (Å²) < 4.78 is 33.6. The molecule has 180 valence electrons. The minimum Gasteiger partial charge on any atom is -0.441 e. The Morgan fingerprint density at radius 3 is 2.35 bits per heavy atom. The average Bonchev–Trinajstić information content (AvgIpc) is 3.30. The summed E-state index contributed by atoms with van der Waals surface area (Å²) >= 11 is 0. The van der Waals surface area contributed by atoms with Gasteiger partial charge in [0, 0.05) is 44.6 Å². The van der Waals surface area contributed by atoms with Crippen LogP contribution in [0.5, 0.6) is 0 Å². The normalized spacial score (nSPS) is 15.0. The zero-order valence-electron chi connectivity index (χ0n) is 20.2. The van der Waals surface area contributed by atoms with Gasteiger partial charge in [0.25, 0.3) is 0 Å². The van der Waals surface area contributed by atoms with Crippen LogP contribution in [-0.4, -0.2) is 54.7 Å². The van der Waals surface area contributed by atoms with Gasteiger partial charge >= 0.3 is 0 Å². The van der Waals surface area contributed by atoms with Crippen LogP contribution in [0.25, 0.3) is 11.3 Å². The van der Waals surface area contributed by atoms with E-state index in [2.05, 4.69) is 31.0 Å². The molecule has 8 heteroatoms. The molecule has 0 saturated carbocycles. The van der Waals surface area contributed by atoms with Crippen LogP contribution in [0.15, 0.2) is 51.9 Å². The van der Waals surface area contributed by atoms with Crippen LogP contribution >= 0.6 is 0 Å². The highest BCUT2D eigenvalue weighted by atomic mass is 32.2. The molecule has 2 heterocycles. The Labute approximate surface area is 201 Å². The van der Waals surface area contributed by atoms with E-state index < -0.39 is 10.0 Å². The van der Waals surface area contributed by atoms with E-state index in [9.17, 15) is 13.2 Å². The van der Waals surface area contributed by atoms with Crippen molar-refractivity contribution in [3.8, 4) is 11.3 Å². The Hall–Kier alpha value is -2.97. The lowest BCUT2D eigenvalue weighted by molar-refractivity contribution is -0.132. The molecule has 0 aliphatic carbocycles. The number of rotatable bonds is 6. The van der Waals surface area contributed by atoms with E-state index in [1.54, 1.807) is 24.1 Å². The molecule has 0 atom stereocenters. The molecule has 1 aliphatic rings. The molecule has 0 N–H and O–H groups in total. The number of nitrogens with zero attached hydrogens (tertiary/aromatic N) is 3. The van der Waals surface area contributed by atoms with E-state index in [1.165, 1.54) is 15.4 Å². The predicted molar refractivity (Wildman–Crippen MR) is 131 cm³/mol. The lowest BCUT2D eigenvalue weighted by atomic mass is 10.1. The van der Waals surface area contributed by atoms with Crippen molar-refractivity contribution in [1.82, 2.24) is 14.2 Å². The summed E-state index contributed by atoms with van der Waals surface area (Å²) in [7, 11) is -3.58. The van der Waals surface area contributed by atoms with Crippen molar-refractivity contribution in [2.75, 3.05) is 26.2 Å². The third kappa shape index (κ3) is 5.08. The van der Waals surface area contributed by atoms with Crippen LogP contribution in [0.1, 0.15) is 34.6 Å². The second-order valence-corrected chi connectivity index (χ2v) is 10.9. The molecular weight excluding hydrogens is 450 g/mol. The number of aryl methyl sites for hydroxylation is 5. The minimum absolute atomic E-state index is 0.0188. The van der Waals surface area contributed by atoms with Crippen molar-refractivity contribution in [2.45, 2.75) is 45.4 Å². The molecule has 0 spiro atoms. The highest BCUT2D eigenvalue weighted by molar-refractivity contribution is 7.89. The maximum absolute atomic E-state index is 13.1. The van der Waals surface area contributed by atoms with Crippen molar-refractivity contribution < 1.29 is 17.6 Å². The lowest BCUT2D eigenvalue weighted by Crippen LogP contribution is -2.50. The fourth-order valence-electron chi connectivity index (χ4n) is 4.13. The van der Waals surface area contributed by atoms with Gasteiger partial charge in [-0.15, -0.1) is 0 Å². The van der Waals surface area contributed by atoms with Gasteiger partial charge < -0.3 is 9.32 Å². The summed E-state index contributed by atoms with van der Waals surface area (Å²) in [6.07, 6.45) is 2.38. The molecular formula is C26H31N3O4S. The number of aromatic nitrogens is 1. The Balaban J connectivity index is 1.32. The standard InChI is InChI=1S/C26H31N3O4S/c1-18-5-6-20(3)24(15-18)34(31,32)29-13-11-28(12-14-29)26(30)10-9-25-27-17-23(33-25)22-8-7-19(2)21(4)16-22/h5-8,15-17H,9-14H2,1-4H3. The molecule has 0 unspecified atom stereocenters. The molecule has 0 bridgehead atoms. The van der Waals surface area contributed by atoms with Crippen molar-refractivity contribution in [3.05, 3.63) is 70.7 Å². The molecule has 1 saturated heterocycles. The Morgan fingerprint density at radius 2 is 1.65 bits per heavy atom. The van der Waals surface area contributed by atoms with E-state index in [0.29, 0.717) is 36.1 Å². The summed E-state index contributed by atoms with van der Waals surface area (Å²) in [6.45, 7) is 9.14. The van der Waals surface area contributed by atoms with Crippen molar-refractivity contribution >= 4 is 15.9 Å². The van der Waals surface area contributed by atoms with Crippen LogP contribution in [-0.2, 0) is 21.2 Å².